The van der Waals surface area contributed by atoms with Crippen LogP contribution in [0.3, 0.4) is 0 Å². The Hall–Kier alpha value is -10.4. The van der Waals surface area contributed by atoms with Crippen molar-refractivity contribution < 1.29 is 0 Å². The highest BCUT2D eigenvalue weighted by atomic mass is 79.9. The molecule has 0 unspecified atom stereocenters. The van der Waals surface area contributed by atoms with Gasteiger partial charge in [-0.3, -0.25) is 15.0 Å². The van der Waals surface area contributed by atoms with Crippen LogP contribution in [0.1, 0.15) is 0 Å². The lowest BCUT2D eigenvalue weighted by atomic mass is 9.94. The van der Waals surface area contributed by atoms with Gasteiger partial charge in [0.05, 0.1) is 16.6 Å². The fourth-order valence-corrected chi connectivity index (χ4v) is 11.6. The maximum atomic E-state index is 5.05. The van der Waals surface area contributed by atoms with Crippen molar-refractivity contribution in [2.45, 2.75) is 0 Å². The third-order valence-electron chi connectivity index (χ3n) is 15.2. The van der Waals surface area contributed by atoms with Crippen LogP contribution < -0.4 is 0 Å². The summed E-state index contributed by atoms with van der Waals surface area (Å²) in [6.45, 7) is 0. The predicted molar refractivity (Wildman–Crippen MR) is 374 cm³/mol. The van der Waals surface area contributed by atoms with Gasteiger partial charge in [-0.15, -0.1) is 0 Å². The molecule has 6 heterocycles. The third kappa shape index (κ3) is 12.3. The van der Waals surface area contributed by atoms with Crippen molar-refractivity contribution in [3.63, 3.8) is 0 Å². The molecule has 0 saturated carbocycles. The molecule has 12 heteroatoms. The third-order valence-corrected chi connectivity index (χ3v) is 16.7. The van der Waals surface area contributed by atoms with E-state index in [1.807, 2.05) is 121 Å². The van der Waals surface area contributed by atoms with Gasteiger partial charge in [0.15, 0.2) is 17.5 Å². The molecule has 89 heavy (non-hydrogen) atoms. The van der Waals surface area contributed by atoms with Crippen LogP contribution in [0.2, 0.25) is 0 Å². The Morgan fingerprint density at radius 1 is 0.225 bits per heavy atom. The van der Waals surface area contributed by atoms with Crippen LogP contribution in [-0.4, -0.2) is 44.9 Å². The molecule has 0 amide bonds. The Balaban J connectivity index is 0.000000118. The van der Waals surface area contributed by atoms with E-state index in [4.69, 9.17) is 29.9 Å². The van der Waals surface area contributed by atoms with Gasteiger partial charge in [-0.25, -0.2) is 29.9 Å². The largest absolute Gasteiger partial charge is 0.252 e. The van der Waals surface area contributed by atoms with Crippen molar-refractivity contribution in [2.75, 3.05) is 0 Å². The molecule has 16 aromatic rings. The van der Waals surface area contributed by atoms with Gasteiger partial charge in [0.25, 0.3) is 0 Å². The van der Waals surface area contributed by atoms with Crippen molar-refractivity contribution >= 4 is 102 Å². The van der Waals surface area contributed by atoms with Crippen LogP contribution >= 0.6 is 47.8 Å². The molecule has 0 aliphatic heterocycles. The van der Waals surface area contributed by atoms with Gasteiger partial charge in [0.1, 0.15) is 33.6 Å². The molecule has 9 nitrogen and oxygen atoms in total. The number of rotatable bonds is 8. The molecule has 0 saturated heterocycles. The Kier molecular flexibility index (Phi) is 16.2. The van der Waals surface area contributed by atoms with E-state index in [1.54, 1.807) is 18.6 Å². The molecule has 0 bridgehead atoms. The fraction of sp³-hybridized carbons (Fsp3) is 0. The van der Waals surface area contributed by atoms with Crippen LogP contribution in [0, 0.1) is 0 Å². The average Bonchev–Trinajstić information content (AvgIpc) is 3.78. The van der Waals surface area contributed by atoms with Gasteiger partial charge in [-0.1, -0.05) is 224 Å². The number of hydrogen-bond donors (Lipinski definition) is 0. The Labute approximate surface area is 538 Å². The predicted octanol–water partition coefficient (Wildman–Crippen LogP) is 21.0. The first-order chi connectivity index (χ1) is 43.8. The fourth-order valence-electron chi connectivity index (χ4n) is 10.8. The minimum absolute atomic E-state index is 0.680. The van der Waals surface area contributed by atoms with E-state index in [2.05, 4.69) is 214 Å². The second-order valence-corrected chi connectivity index (χ2v) is 23.7. The monoisotopic (exact) mass is 1340 g/mol. The number of hydrogen-bond acceptors (Lipinski definition) is 9. The molecule has 422 valence electrons. The first-order valence-electron chi connectivity index (χ1n) is 28.7. The molecule has 0 spiro atoms. The van der Waals surface area contributed by atoms with Crippen LogP contribution in [0.4, 0.5) is 0 Å². The van der Waals surface area contributed by atoms with E-state index < -0.39 is 0 Å². The number of aromatic nitrogens is 9. The van der Waals surface area contributed by atoms with Gasteiger partial charge in [0.2, 0.25) is 0 Å². The van der Waals surface area contributed by atoms with E-state index in [1.165, 1.54) is 16.2 Å². The summed E-state index contributed by atoms with van der Waals surface area (Å²) in [5.74, 6) is 2.08. The summed E-state index contributed by atoms with van der Waals surface area (Å²) in [6.07, 6.45) is 5.38. The second-order valence-electron chi connectivity index (χ2n) is 20.9. The molecule has 16 rings (SSSR count). The van der Waals surface area contributed by atoms with Gasteiger partial charge in [-0.05, 0) is 141 Å². The highest BCUT2D eigenvalue weighted by Gasteiger charge is 2.18. The Morgan fingerprint density at radius 3 is 1.10 bits per heavy atom. The summed E-state index contributed by atoms with van der Waals surface area (Å²) in [6, 6.07) is 92.7. The first-order valence-corrected chi connectivity index (χ1v) is 31.1. The van der Waals surface area contributed by atoms with Crippen molar-refractivity contribution in [1.29, 1.82) is 0 Å². The maximum absolute atomic E-state index is 5.05. The van der Waals surface area contributed by atoms with Gasteiger partial charge in [-0.2, -0.15) is 0 Å². The van der Waals surface area contributed by atoms with E-state index >= 15 is 0 Å². The van der Waals surface area contributed by atoms with E-state index in [0.717, 1.165) is 125 Å². The molecule has 10 aromatic carbocycles. The zero-order chi connectivity index (χ0) is 60.0. The van der Waals surface area contributed by atoms with Crippen LogP contribution in [0.15, 0.2) is 305 Å². The lowest BCUT2D eigenvalue weighted by molar-refractivity contribution is 1.20. The van der Waals surface area contributed by atoms with Crippen LogP contribution in [-0.2, 0) is 0 Å². The lowest BCUT2D eigenvalue weighted by Crippen LogP contribution is -1.97. The number of halogens is 3. The normalized spacial score (nSPS) is 11.1. The van der Waals surface area contributed by atoms with Crippen molar-refractivity contribution in [3.05, 3.63) is 305 Å². The number of pyridine rings is 3. The number of fused-ring (bicyclic) bond motifs is 5. The quantitative estimate of drug-likeness (QED) is 0.147. The molecule has 0 aliphatic rings. The summed E-state index contributed by atoms with van der Waals surface area (Å²) < 4.78 is 3.08. The van der Waals surface area contributed by atoms with Crippen LogP contribution in [0.5, 0.6) is 0 Å². The van der Waals surface area contributed by atoms with E-state index in [9.17, 15) is 0 Å². The summed E-state index contributed by atoms with van der Waals surface area (Å²) in [5, 5.41) is 4.74. The topological polar surface area (TPSA) is 116 Å². The van der Waals surface area contributed by atoms with Crippen LogP contribution in [0.25, 0.3) is 145 Å². The maximum Gasteiger partial charge on any atom is 0.160 e. The number of nitrogens with zero attached hydrogens (tertiary/aromatic N) is 9. The zero-order valence-electron chi connectivity index (χ0n) is 47.4. The zero-order valence-corrected chi connectivity index (χ0v) is 52.1. The average molecular weight is 1340 g/mol. The standard InChI is InChI=1S/C31H20BrN3.2C23H14BrN3/c32-27-15-13-23(14-16-27)31-34-28-12-7-17-33-30(28)29(35-31)26-19-24(21-8-3-1-4-9-21)18-25(20-26)22-10-5-2-6-11-22;24-17-12-10-16(11-13-17)23-26-20-9-4-14-25-22(20)21(27-23)19-8-3-6-15-5-1-2-7-18(15)19;24-19-11-9-16(10-12-19)23-26-20-6-3-13-25-22(20)21(27-23)18-8-7-15-4-1-2-5-17(15)14-18/h1-20H;2*1-14H. The molecule has 0 aliphatic carbocycles. The summed E-state index contributed by atoms with van der Waals surface area (Å²) in [5.41, 5.74) is 18.1. The smallest absolute Gasteiger partial charge is 0.160 e. The van der Waals surface area contributed by atoms with E-state index in [-0.39, 0.29) is 0 Å². The molecule has 0 fully saturated rings. The molecule has 0 N–H and O–H groups in total. The lowest BCUT2D eigenvalue weighted by Gasteiger charge is -2.13. The number of benzene rings is 10. The first kappa shape index (κ1) is 56.4. The van der Waals surface area contributed by atoms with Gasteiger partial charge >= 0.3 is 0 Å². The summed E-state index contributed by atoms with van der Waals surface area (Å²) in [7, 11) is 0. The molecular formula is C77H48Br3N9. The van der Waals surface area contributed by atoms with Gasteiger partial charge in [0, 0.05) is 65.4 Å². The van der Waals surface area contributed by atoms with Crippen molar-refractivity contribution in [2.24, 2.45) is 0 Å². The Morgan fingerprint density at radius 2 is 0.607 bits per heavy atom. The van der Waals surface area contributed by atoms with Crippen molar-refractivity contribution in [1.82, 2.24) is 44.9 Å². The SMILES string of the molecule is Brc1ccc(-c2nc(-c3cc(-c4ccccc4)cc(-c4ccccc4)c3)c3ncccc3n2)cc1.Brc1ccc(-c2nc(-c3ccc4ccccc4c3)c3ncccc3n2)cc1.Brc1ccc(-c2nc(-c3cccc4ccccc34)c3ncccc3n2)cc1. The molecular weight excluding hydrogens is 1290 g/mol. The highest BCUT2D eigenvalue weighted by Crippen LogP contribution is 2.38. The Bertz CT molecular complexity index is 5160. The summed E-state index contributed by atoms with van der Waals surface area (Å²) >= 11 is 10.5. The summed E-state index contributed by atoms with van der Waals surface area (Å²) in [4.78, 5) is 43.0. The van der Waals surface area contributed by atoms with Gasteiger partial charge < -0.3 is 0 Å². The van der Waals surface area contributed by atoms with E-state index in [0.29, 0.717) is 17.5 Å². The minimum Gasteiger partial charge on any atom is -0.252 e. The molecule has 0 radical (unpaired) electrons. The second kappa shape index (κ2) is 25.5. The molecule has 0 atom stereocenters. The molecule has 6 aromatic heterocycles. The minimum atomic E-state index is 0.680. The highest BCUT2D eigenvalue weighted by molar-refractivity contribution is 9.11. The van der Waals surface area contributed by atoms with Crippen molar-refractivity contribution in [3.8, 4) is 90.2 Å².